The predicted molar refractivity (Wildman–Crippen MR) is 59.3 cm³/mol. The van der Waals surface area contributed by atoms with Crippen molar-refractivity contribution in [2.24, 2.45) is 0 Å². The summed E-state index contributed by atoms with van der Waals surface area (Å²) >= 11 is 0. The molecule has 0 aromatic heterocycles. The molecule has 0 radical (unpaired) electrons. The van der Waals surface area contributed by atoms with Gasteiger partial charge >= 0.3 is 9.28 Å². The van der Waals surface area contributed by atoms with Crippen molar-refractivity contribution in [2.75, 3.05) is 0 Å². The van der Waals surface area contributed by atoms with Gasteiger partial charge < -0.3 is 8.85 Å². The predicted octanol–water partition coefficient (Wildman–Crippen LogP) is 2.86. The van der Waals surface area contributed by atoms with Gasteiger partial charge in [-0.1, -0.05) is 6.92 Å². The smallest absolute Gasteiger partial charge is 0.321 e. The summed E-state index contributed by atoms with van der Waals surface area (Å²) in [6, 6.07) is 1.02. The molecular formula is C10H24O2Si. The molecule has 13 heavy (non-hydrogen) atoms. The van der Waals surface area contributed by atoms with Crippen LogP contribution in [0.4, 0.5) is 0 Å². The minimum absolute atomic E-state index is 0.0713. The van der Waals surface area contributed by atoms with Crippen molar-refractivity contribution in [3.05, 3.63) is 0 Å². The van der Waals surface area contributed by atoms with E-state index in [4.69, 9.17) is 8.85 Å². The minimum Gasteiger partial charge on any atom is -0.392 e. The Morgan fingerprint density at radius 3 is 1.31 bits per heavy atom. The maximum Gasteiger partial charge on any atom is 0.321 e. The topological polar surface area (TPSA) is 18.5 Å². The second-order valence-corrected chi connectivity index (χ2v) is 7.45. The summed E-state index contributed by atoms with van der Waals surface area (Å²) < 4.78 is 11.8. The summed E-state index contributed by atoms with van der Waals surface area (Å²) in [5.74, 6) is 0. The molecule has 0 heterocycles. The first-order valence-electron chi connectivity index (χ1n) is 5.00. The van der Waals surface area contributed by atoms with Gasteiger partial charge in [0, 0.05) is 11.2 Å². The average Bonchev–Trinajstić information content (AvgIpc) is 1.79. The highest BCUT2D eigenvalue weighted by Gasteiger charge is 2.24. The zero-order chi connectivity index (χ0) is 10.7. The van der Waals surface area contributed by atoms with Crippen molar-refractivity contribution in [1.29, 1.82) is 0 Å². The fraction of sp³-hybridized carbons (Fsp3) is 1.00. The van der Waals surface area contributed by atoms with E-state index in [1.807, 2.05) is 0 Å². The first-order chi connectivity index (χ1) is 5.64. The lowest BCUT2D eigenvalue weighted by atomic mass is 10.2. The molecule has 0 saturated heterocycles. The van der Waals surface area contributed by atoms with Gasteiger partial charge in [0.1, 0.15) is 0 Å². The fourth-order valence-corrected chi connectivity index (χ4v) is 2.94. The SMILES string of the molecule is CC[SiH](OC(C)(C)C)OC(C)(C)C. The maximum absolute atomic E-state index is 5.88. The molecule has 0 fully saturated rings. The second kappa shape index (κ2) is 4.58. The second-order valence-electron chi connectivity index (χ2n) is 5.30. The highest BCUT2D eigenvalue weighted by Crippen LogP contribution is 2.17. The fourth-order valence-electron chi connectivity index (χ4n) is 0.979. The Morgan fingerprint density at radius 1 is 0.846 bits per heavy atom. The lowest BCUT2D eigenvalue weighted by molar-refractivity contribution is 0.0344. The molecule has 0 aliphatic carbocycles. The van der Waals surface area contributed by atoms with E-state index in [1.54, 1.807) is 0 Å². The normalized spacial score (nSPS) is 13.8. The third-order valence-electron chi connectivity index (χ3n) is 1.30. The van der Waals surface area contributed by atoms with Gasteiger partial charge in [0.05, 0.1) is 0 Å². The first kappa shape index (κ1) is 13.1. The molecule has 0 aliphatic rings. The lowest BCUT2D eigenvalue weighted by Crippen LogP contribution is -2.38. The van der Waals surface area contributed by atoms with E-state index in [0.29, 0.717) is 0 Å². The van der Waals surface area contributed by atoms with Crippen molar-refractivity contribution < 1.29 is 8.85 Å². The van der Waals surface area contributed by atoms with E-state index >= 15 is 0 Å². The van der Waals surface area contributed by atoms with Crippen molar-refractivity contribution >= 4 is 9.28 Å². The molecule has 0 bridgehead atoms. The molecule has 0 spiro atoms. The van der Waals surface area contributed by atoms with Crippen LogP contribution in [-0.4, -0.2) is 20.5 Å². The van der Waals surface area contributed by atoms with Crippen LogP contribution in [0.15, 0.2) is 0 Å². The summed E-state index contributed by atoms with van der Waals surface area (Å²) in [6.45, 7) is 14.6. The van der Waals surface area contributed by atoms with E-state index in [2.05, 4.69) is 48.5 Å². The maximum atomic E-state index is 5.88. The summed E-state index contributed by atoms with van der Waals surface area (Å²) in [6.07, 6.45) is 0. The summed E-state index contributed by atoms with van der Waals surface area (Å²) in [5, 5.41) is 0. The van der Waals surface area contributed by atoms with Crippen LogP contribution in [0, 0.1) is 0 Å². The molecule has 0 amide bonds. The van der Waals surface area contributed by atoms with Crippen LogP contribution in [0.5, 0.6) is 0 Å². The van der Waals surface area contributed by atoms with Crippen LogP contribution in [0.3, 0.4) is 0 Å². The molecule has 0 atom stereocenters. The number of hydrogen-bond acceptors (Lipinski definition) is 2. The van der Waals surface area contributed by atoms with E-state index in [0.717, 1.165) is 6.04 Å². The van der Waals surface area contributed by atoms with Crippen molar-refractivity contribution in [2.45, 2.75) is 65.7 Å². The standard InChI is InChI=1S/C10H24O2Si/c1-8-13(11-9(2,3)4)12-10(5,6)7/h13H,8H2,1-7H3. The average molecular weight is 204 g/mol. The minimum atomic E-state index is -1.46. The van der Waals surface area contributed by atoms with Crippen LogP contribution >= 0.6 is 0 Å². The summed E-state index contributed by atoms with van der Waals surface area (Å²) in [4.78, 5) is 0. The van der Waals surface area contributed by atoms with Gasteiger partial charge in [0.25, 0.3) is 0 Å². The quantitative estimate of drug-likeness (QED) is 0.658. The van der Waals surface area contributed by atoms with E-state index < -0.39 is 9.28 Å². The zero-order valence-corrected chi connectivity index (χ0v) is 11.3. The van der Waals surface area contributed by atoms with Crippen molar-refractivity contribution in [3.63, 3.8) is 0 Å². The van der Waals surface area contributed by atoms with Crippen LogP contribution in [0.25, 0.3) is 0 Å². The van der Waals surface area contributed by atoms with Crippen LogP contribution in [-0.2, 0) is 8.85 Å². The highest BCUT2D eigenvalue weighted by atomic mass is 28.3. The molecule has 0 N–H and O–H groups in total. The Morgan fingerprint density at radius 2 is 1.15 bits per heavy atom. The number of rotatable bonds is 3. The summed E-state index contributed by atoms with van der Waals surface area (Å²) in [5.41, 5.74) is -0.143. The van der Waals surface area contributed by atoms with Gasteiger partial charge in [-0.05, 0) is 47.6 Å². The third kappa shape index (κ3) is 8.47. The Kier molecular flexibility index (Phi) is 4.62. The van der Waals surface area contributed by atoms with Gasteiger partial charge in [0.15, 0.2) is 0 Å². The van der Waals surface area contributed by atoms with E-state index in [-0.39, 0.29) is 11.2 Å². The molecular weight excluding hydrogens is 180 g/mol. The van der Waals surface area contributed by atoms with E-state index in [9.17, 15) is 0 Å². The molecule has 80 valence electrons. The Hall–Kier alpha value is 0.137. The highest BCUT2D eigenvalue weighted by molar-refractivity contribution is 6.44. The van der Waals surface area contributed by atoms with Crippen molar-refractivity contribution in [1.82, 2.24) is 0 Å². The van der Waals surface area contributed by atoms with Gasteiger partial charge in [-0.25, -0.2) is 0 Å². The molecule has 0 unspecified atom stereocenters. The van der Waals surface area contributed by atoms with Gasteiger partial charge in [-0.2, -0.15) is 0 Å². The van der Waals surface area contributed by atoms with Crippen LogP contribution in [0.1, 0.15) is 48.5 Å². The number of hydrogen-bond donors (Lipinski definition) is 0. The lowest BCUT2D eigenvalue weighted by Gasteiger charge is -2.31. The van der Waals surface area contributed by atoms with Crippen LogP contribution in [0.2, 0.25) is 6.04 Å². The molecule has 2 nitrogen and oxygen atoms in total. The Balaban J connectivity index is 4.05. The Labute approximate surface area is 84.5 Å². The molecule has 0 saturated carbocycles. The Bertz CT molecular complexity index is 128. The zero-order valence-electron chi connectivity index (χ0n) is 10.1. The first-order valence-corrected chi connectivity index (χ1v) is 6.75. The molecule has 3 heteroatoms. The largest absolute Gasteiger partial charge is 0.392 e. The molecule has 0 rings (SSSR count). The summed E-state index contributed by atoms with van der Waals surface area (Å²) in [7, 11) is -1.46. The third-order valence-corrected chi connectivity index (χ3v) is 3.91. The van der Waals surface area contributed by atoms with Gasteiger partial charge in [-0.3, -0.25) is 0 Å². The van der Waals surface area contributed by atoms with E-state index in [1.165, 1.54) is 0 Å². The molecule has 0 aromatic carbocycles. The van der Waals surface area contributed by atoms with Gasteiger partial charge in [-0.15, -0.1) is 0 Å². The molecule has 0 aliphatic heterocycles. The van der Waals surface area contributed by atoms with Gasteiger partial charge in [0.2, 0.25) is 0 Å². The van der Waals surface area contributed by atoms with Crippen molar-refractivity contribution in [3.8, 4) is 0 Å². The van der Waals surface area contributed by atoms with Crippen LogP contribution < -0.4 is 0 Å². The monoisotopic (exact) mass is 204 g/mol. The molecule has 0 aromatic rings.